The molecule has 1 atom stereocenters. The number of amides is 2. The predicted octanol–water partition coefficient (Wildman–Crippen LogP) is -0.408. The van der Waals surface area contributed by atoms with Gasteiger partial charge in [-0.2, -0.15) is 0 Å². The number of piperazine rings is 1. The molecule has 0 radical (unpaired) electrons. The zero-order valence-electron chi connectivity index (χ0n) is 13.1. The molecule has 1 heterocycles. The number of rotatable bonds is 5. The lowest BCUT2D eigenvalue weighted by molar-refractivity contribution is -0.140. The Morgan fingerprint density at radius 3 is 1.90 bits per heavy atom. The first-order valence-electron chi connectivity index (χ1n) is 7.27. The van der Waals surface area contributed by atoms with Gasteiger partial charge < -0.3 is 20.4 Å². The first-order valence-corrected chi connectivity index (χ1v) is 7.27. The van der Waals surface area contributed by atoms with Crippen LogP contribution in [0, 0.1) is 5.92 Å². The molecule has 0 aromatic carbocycles. The maximum absolute atomic E-state index is 12.1. The Kier molecular flexibility index (Phi) is 6.42. The lowest BCUT2D eigenvalue weighted by Crippen LogP contribution is -2.53. The van der Waals surface area contributed by atoms with Crippen molar-refractivity contribution < 1.29 is 9.59 Å². The van der Waals surface area contributed by atoms with Crippen LogP contribution in [0.2, 0.25) is 0 Å². The summed E-state index contributed by atoms with van der Waals surface area (Å²) in [4.78, 5) is 29.5. The minimum absolute atomic E-state index is 0.0871. The lowest BCUT2D eigenvalue weighted by atomic mass is 10.0. The summed E-state index contributed by atoms with van der Waals surface area (Å²) in [5.41, 5.74) is 5.94. The highest BCUT2D eigenvalue weighted by Crippen LogP contribution is 2.09. The lowest BCUT2D eigenvalue weighted by Gasteiger charge is -2.36. The Morgan fingerprint density at radius 2 is 1.50 bits per heavy atom. The van der Waals surface area contributed by atoms with Crippen LogP contribution in [0.3, 0.4) is 0 Å². The summed E-state index contributed by atoms with van der Waals surface area (Å²) in [5.74, 6) is 0.536. The fourth-order valence-electron chi connectivity index (χ4n) is 2.14. The maximum atomic E-state index is 12.1. The first kappa shape index (κ1) is 16.9. The molecule has 2 N–H and O–H groups in total. The average Bonchev–Trinajstić information content (AvgIpc) is 2.37. The molecular formula is C14H28N4O2. The van der Waals surface area contributed by atoms with Gasteiger partial charge in [-0.1, -0.05) is 13.8 Å². The van der Waals surface area contributed by atoms with Crippen LogP contribution in [0.4, 0.5) is 0 Å². The second-order valence-corrected chi connectivity index (χ2v) is 6.11. The fourth-order valence-corrected chi connectivity index (χ4v) is 2.14. The average molecular weight is 284 g/mol. The van der Waals surface area contributed by atoms with E-state index in [9.17, 15) is 9.59 Å². The zero-order chi connectivity index (χ0) is 15.3. The summed E-state index contributed by atoms with van der Waals surface area (Å²) < 4.78 is 0. The second-order valence-electron chi connectivity index (χ2n) is 6.11. The predicted molar refractivity (Wildman–Crippen MR) is 79.1 cm³/mol. The van der Waals surface area contributed by atoms with E-state index in [0.717, 1.165) is 0 Å². The minimum Gasteiger partial charge on any atom is -0.339 e. The molecule has 0 aromatic heterocycles. The molecule has 0 aromatic rings. The van der Waals surface area contributed by atoms with Crippen molar-refractivity contribution in [2.45, 2.75) is 26.3 Å². The molecule has 1 saturated heterocycles. The summed E-state index contributed by atoms with van der Waals surface area (Å²) in [6.07, 6.45) is 0.392. The van der Waals surface area contributed by atoms with Crippen LogP contribution >= 0.6 is 0 Å². The third kappa shape index (κ3) is 5.09. The topological polar surface area (TPSA) is 69.9 Å². The molecule has 116 valence electrons. The third-order valence-corrected chi connectivity index (χ3v) is 3.70. The van der Waals surface area contributed by atoms with Gasteiger partial charge in [0, 0.05) is 38.6 Å². The van der Waals surface area contributed by atoms with Crippen LogP contribution in [0.1, 0.15) is 20.3 Å². The number of carbonyl (C=O) groups is 2. The van der Waals surface area contributed by atoms with Gasteiger partial charge in [0.1, 0.15) is 0 Å². The number of likely N-dealkylation sites (N-methyl/N-ethyl adjacent to an activating group) is 1. The quantitative estimate of drug-likeness (QED) is 0.745. The summed E-state index contributed by atoms with van der Waals surface area (Å²) in [5, 5.41) is 0. The van der Waals surface area contributed by atoms with Gasteiger partial charge in [-0.05, 0) is 20.0 Å². The first-order chi connectivity index (χ1) is 9.31. The van der Waals surface area contributed by atoms with Crippen LogP contribution in [0.25, 0.3) is 0 Å². The molecule has 0 saturated carbocycles. The number of hydrogen-bond acceptors (Lipinski definition) is 4. The van der Waals surface area contributed by atoms with Crippen LogP contribution in [0.15, 0.2) is 0 Å². The molecular weight excluding hydrogens is 256 g/mol. The molecule has 1 aliphatic heterocycles. The Bertz CT molecular complexity index is 336. The number of nitrogens with two attached hydrogens (primary N) is 1. The van der Waals surface area contributed by atoms with Gasteiger partial charge in [-0.15, -0.1) is 0 Å². The van der Waals surface area contributed by atoms with Crippen molar-refractivity contribution in [1.82, 2.24) is 14.7 Å². The molecule has 20 heavy (non-hydrogen) atoms. The van der Waals surface area contributed by atoms with E-state index in [2.05, 4.69) is 0 Å². The van der Waals surface area contributed by atoms with Crippen molar-refractivity contribution >= 4 is 11.8 Å². The van der Waals surface area contributed by atoms with Crippen molar-refractivity contribution in [3.63, 3.8) is 0 Å². The van der Waals surface area contributed by atoms with E-state index in [1.165, 1.54) is 0 Å². The SMILES string of the molecule is CC(C)C(N)CC(=O)N1CCN(C(=O)CN(C)C)CC1. The molecule has 6 nitrogen and oxygen atoms in total. The van der Waals surface area contributed by atoms with Gasteiger partial charge in [0.05, 0.1) is 6.54 Å². The second kappa shape index (κ2) is 7.59. The number of hydrogen-bond donors (Lipinski definition) is 1. The van der Waals surface area contributed by atoms with Crippen molar-refractivity contribution in [2.75, 3.05) is 46.8 Å². The Morgan fingerprint density at radius 1 is 1.05 bits per heavy atom. The molecule has 1 fully saturated rings. The van der Waals surface area contributed by atoms with Crippen molar-refractivity contribution in [2.24, 2.45) is 11.7 Å². The van der Waals surface area contributed by atoms with Gasteiger partial charge >= 0.3 is 0 Å². The van der Waals surface area contributed by atoms with E-state index >= 15 is 0 Å². The summed E-state index contributed by atoms with van der Waals surface area (Å²) >= 11 is 0. The van der Waals surface area contributed by atoms with Gasteiger partial charge in [-0.3, -0.25) is 9.59 Å². The number of carbonyl (C=O) groups excluding carboxylic acids is 2. The molecule has 1 unspecified atom stereocenters. The van der Waals surface area contributed by atoms with Crippen LogP contribution in [-0.4, -0.2) is 79.4 Å². The van der Waals surface area contributed by atoms with Crippen LogP contribution in [-0.2, 0) is 9.59 Å². The zero-order valence-corrected chi connectivity index (χ0v) is 13.1. The van der Waals surface area contributed by atoms with E-state index in [4.69, 9.17) is 5.73 Å². The van der Waals surface area contributed by atoms with Crippen molar-refractivity contribution in [3.05, 3.63) is 0 Å². The normalized spacial score (nSPS) is 17.8. The highest BCUT2D eigenvalue weighted by atomic mass is 16.2. The Labute approximate surface area is 121 Å². The fraction of sp³-hybridized carbons (Fsp3) is 0.857. The molecule has 2 amide bonds. The van der Waals surface area contributed by atoms with Crippen molar-refractivity contribution in [3.8, 4) is 0 Å². The van der Waals surface area contributed by atoms with E-state index in [0.29, 0.717) is 45.1 Å². The standard InChI is InChI=1S/C14H28N4O2/c1-11(2)12(15)9-13(19)17-5-7-18(8-6-17)14(20)10-16(3)4/h11-12H,5-10,15H2,1-4H3. The molecule has 0 spiro atoms. The largest absolute Gasteiger partial charge is 0.339 e. The van der Waals surface area contributed by atoms with E-state index < -0.39 is 0 Å². The smallest absolute Gasteiger partial charge is 0.236 e. The van der Waals surface area contributed by atoms with Gasteiger partial charge in [0.15, 0.2) is 0 Å². The number of nitrogens with zero attached hydrogens (tertiary/aromatic N) is 3. The summed E-state index contributed by atoms with van der Waals surface area (Å²) in [6, 6.07) is -0.0871. The highest BCUT2D eigenvalue weighted by molar-refractivity contribution is 5.79. The maximum Gasteiger partial charge on any atom is 0.236 e. The van der Waals surface area contributed by atoms with Gasteiger partial charge in [0.2, 0.25) is 11.8 Å². The Hall–Kier alpha value is -1.14. The highest BCUT2D eigenvalue weighted by Gasteiger charge is 2.25. The molecule has 0 bridgehead atoms. The van der Waals surface area contributed by atoms with Crippen molar-refractivity contribution in [1.29, 1.82) is 0 Å². The third-order valence-electron chi connectivity index (χ3n) is 3.70. The monoisotopic (exact) mass is 284 g/mol. The van der Waals surface area contributed by atoms with E-state index in [-0.39, 0.29) is 17.9 Å². The van der Waals surface area contributed by atoms with Gasteiger partial charge in [0.25, 0.3) is 0 Å². The van der Waals surface area contributed by atoms with Crippen LogP contribution < -0.4 is 5.73 Å². The molecule has 0 aliphatic carbocycles. The van der Waals surface area contributed by atoms with Gasteiger partial charge in [-0.25, -0.2) is 0 Å². The van der Waals surface area contributed by atoms with Crippen LogP contribution in [0.5, 0.6) is 0 Å². The summed E-state index contributed by atoms with van der Waals surface area (Å²) in [6.45, 7) is 6.94. The molecule has 1 rings (SSSR count). The Balaban J connectivity index is 2.38. The summed E-state index contributed by atoms with van der Waals surface area (Å²) in [7, 11) is 3.76. The van der Waals surface area contributed by atoms with E-state index in [1.807, 2.05) is 42.6 Å². The molecule has 6 heteroatoms. The van der Waals surface area contributed by atoms with E-state index in [1.54, 1.807) is 0 Å². The molecule has 1 aliphatic rings. The minimum atomic E-state index is -0.0871.